The monoisotopic (exact) mass is 408 g/mol. The van der Waals surface area contributed by atoms with Gasteiger partial charge >= 0.3 is 0 Å². The molecule has 0 unspecified atom stereocenters. The predicted molar refractivity (Wildman–Crippen MR) is 111 cm³/mol. The van der Waals surface area contributed by atoms with E-state index >= 15 is 0 Å². The van der Waals surface area contributed by atoms with E-state index in [1.54, 1.807) is 25.1 Å². The number of carbonyl (C=O) groups excluding carboxylic acids is 1. The molecular weight excluding hydrogens is 380 g/mol. The van der Waals surface area contributed by atoms with Crippen molar-refractivity contribution in [3.63, 3.8) is 0 Å². The van der Waals surface area contributed by atoms with E-state index in [0.717, 1.165) is 31.5 Å². The highest BCUT2D eigenvalue weighted by atomic mass is 35.5. The minimum absolute atomic E-state index is 0. The molecule has 28 heavy (non-hydrogen) atoms. The van der Waals surface area contributed by atoms with E-state index in [9.17, 15) is 4.79 Å². The molecule has 2 N–H and O–H groups in total. The average molecular weight is 409 g/mol. The lowest BCUT2D eigenvalue weighted by atomic mass is 9.79. The number of amides is 1. The number of aromatic nitrogens is 2. The van der Waals surface area contributed by atoms with Gasteiger partial charge in [-0.1, -0.05) is 12.1 Å². The van der Waals surface area contributed by atoms with Gasteiger partial charge in [0.2, 0.25) is 0 Å². The Labute approximate surface area is 172 Å². The van der Waals surface area contributed by atoms with Gasteiger partial charge in [-0.05, 0) is 38.1 Å². The van der Waals surface area contributed by atoms with Gasteiger partial charge in [-0.15, -0.1) is 12.4 Å². The Morgan fingerprint density at radius 2 is 2.00 bits per heavy atom. The van der Waals surface area contributed by atoms with Crippen molar-refractivity contribution in [1.82, 2.24) is 20.4 Å². The molecule has 0 bridgehead atoms. The van der Waals surface area contributed by atoms with Crippen molar-refractivity contribution < 1.29 is 14.3 Å². The van der Waals surface area contributed by atoms with Gasteiger partial charge in [0.25, 0.3) is 5.91 Å². The van der Waals surface area contributed by atoms with Crippen molar-refractivity contribution in [2.24, 2.45) is 12.5 Å². The van der Waals surface area contributed by atoms with E-state index < -0.39 is 0 Å². The first kappa shape index (κ1) is 22.2. The number of piperidine rings is 1. The summed E-state index contributed by atoms with van der Waals surface area (Å²) >= 11 is 0. The summed E-state index contributed by atoms with van der Waals surface area (Å²) in [5.74, 6) is 0.567. The summed E-state index contributed by atoms with van der Waals surface area (Å²) in [5, 5.41) is 11.0. The fourth-order valence-electron chi connectivity index (χ4n) is 3.69. The van der Waals surface area contributed by atoms with Crippen LogP contribution in [0.15, 0.2) is 30.5 Å². The average Bonchev–Trinajstić information content (AvgIpc) is 3.09. The molecule has 1 aromatic heterocycles. The smallest absolute Gasteiger partial charge is 0.255 e. The van der Waals surface area contributed by atoms with Crippen LogP contribution in [0.2, 0.25) is 0 Å². The number of hydrogen-bond acceptors (Lipinski definition) is 5. The molecule has 2 heterocycles. The number of carbonyl (C=O) groups is 1. The zero-order chi connectivity index (χ0) is 19.3. The van der Waals surface area contributed by atoms with Crippen LogP contribution in [0.4, 0.5) is 0 Å². The Balaban J connectivity index is 0.00000280. The molecule has 0 atom stereocenters. The normalized spacial score (nSPS) is 15.5. The maximum atomic E-state index is 13.0. The Kier molecular flexibility index (Phi) is 7.86. The van der Waals surface area contributed by atoms with Crippen molar-refractivity contribution in [3.05, 3.63) is 36.0 Å². The van der Waals surface area contributed by atoms with Gasteiger partial charge in [0.05, 0.1) is 19.3 Å². The van der Waals surface area contributed by atoms with E-state index in [1.165, 1.54) is 0 Å². The van der Waals surface area contributed by atoms with Crippen LogP contribution in [0.5, 0.6) is 5.75 Å². The van der Waals surface area contributed by atoms with Gasteiger partial charge in [0.1, 0.15) is 11.4 Å². The van der Waals surface area contributed by atoms with Crippen LogP contribution < -0.4 is 15.4 Å². The highest BCUT2D eigenvalue weighted by Gasteiger charge is 2.33. The third kappa shape index (κ3) is 4.84. The lowest BCUT2D eigenvalue weighted by Gasteiger charge is -2.37. The molecule has 154 valence electrons. The summed E-state index contributed by atoms with van der Waals surface area (Å²) < 4.78 is 12.5. The minimum Gasteiger partial charge on any atom is -0.496 e. The standard InChI is InChI=1S/C20H28N4O3.ClH/c1-24-12-16(18(23-24)15-6-4-5-7-17(15)27-3)19(25)22-13-20(14-26-2)8-10-21-11-9-20;/h4-7,12,21H,8-11,13-14H2,1-3H3,(H,22,25);1H. The molecule has 3 rings (SSSR count). The number of nitrogens with zero attached hydrogens (tertiary/aromatic N) is 2. The lowest BCUT2D eigenvalue weighted by molar-refractivity contribution is 0.0512. The van der Waals surface area contributed by atoms with Gasteiger partial charge in [-0.25, -0.2) is 0 Å². The van der Waals surface area contributed by atoms with Crippen molar-refractivity contribution in [1.29, 1.82) is 0 Å². The van der Waals surface area contributed by atoms with E-state index in [2.05, 4.69) is 15.7 Å². The van der Waals surface area contributed by atoms with E-state index in [4.69, 9.17) is 9.47 Å². The molecule has 1 amide bonds. The molecule has 1 aliphatic rings. The third-order valence-electron chi connectivity index (χ3n) is 5.17. The first-order chi connectivity index (χ1) is 13.1. The molecule has 2 aromatic rings. The lowest BCUT2D eigenvalue weighted by Crippen LogP contribution is -2.47. The van der Waals surface area contributed by atoms with Crippen LogP contribution >= 0.6 is 12.4 Å². The molecule has 8 heteroatoms. The first-order valence-corrected chi connectivity index (χ1v) is 9.23. The largest absolute Gasteiger partial charge is 0.496 e. The molecule has 0 saturated carbocycles. The van der Waals surface area contributed by atoms with Crippen LogP contribution in [-0.2, 0) is 11.8 Å². The van der Waals surface area contributed by atoms with Crippen LogP contribution in [0.1, 0.15) is 23.2 Å². The SMILES string of the molecule is COCC1(CNC(=O)c2cn(C)nc2-c2ccccc2OC)CCNCC1.Cl. The second-order valence-corrected chi connectivity index (χ2v) is 7.13. The first-order valence-electron chi connectivity index (χ1n) is 9.23. The molecule has 7 nitrogen and oxygen atoms in total. The van der Waals surface area contributed by atoms with Gasteiger partial charge in [0.15, 0.2) is 0 Å². The van der Waals surface area contributed by atoms with Crippen molar-refractivity contribution in [2.45, 2.75) is 12.8 Å². The molecule has 0 radical (unpaired) electrons. The number of methoxy groups -OCH3 is 2. The van der Waals surface area contributed by atoms with Crippen LogP contribution in [0.3, 0.4) is 0 Å². The molecule has 1 fully saturated rings. The number of aryl methyl sites for hydroxylation is 1. The van der Waals surface area contributed by atoms with E-state index in [-0.39, 0.29) is 23.7 Å². The van der Waals surface area contributed by atoms with Gasteiger partial charge < -0.3 is 20.1 Å². The van der Waals surface area contributed by atoms with Crippen LogP contribution in [-0.4, -0.2) is 56.1 Å². The summed E-state index contributed by atoms with van der Waals surface area (Å²) in [6, 6.07) is 7.60. The number of ether oxygens (including phenoxy) is 2. The van der Waals surface area contributed by atoms with Crippen molar-refractivity contribution in [2.75, 3.05) is 40.5 Å². The van der Waals surface area contributed by atoms with Crippen LogP contribution in [0, 0.1) is 5.41 Å². The molecule has 1 aliphatic heterocycles. The van der Waals surface area contributed by atoms with Crippen molar-refractivity contribution in [3.8, 4) is 17.0 Å². The Bertz CT molecular complexity index is 782. The van der Waals surface area contributed by atoms with Gasteiger partial charge in [-0.2, -0.15) is 5.10 Å². The Morgan fingerprint density at radius 1 is 1.29 bits per heavy atom. The molecule has 0 spiro atoms. The summed E-state index contributed by atoms with van der Waals surface area (Å²) in [6.45, 7) is 3.11. The number of nitrogens with one attached hydrogen (secondary N) is 2. The van der Waals surface area contributed by atoms with Gasteiger partial charge in [0, 0.05) is 37.9 Å². The number of hydrogen-bond donors (Lipinski definition) is 2. The third-order valence-corrected chi connectivity index (χ3v) is 5.17. The number of rotatable bonds is 7. The maximum absolute atomic E-state index is 13.0. The zero-order valence-electron chi connectivity index (χ0n) is 16.7. The summed E-state index contributed by atoms with van der Waals surface area (Å²) in [5.41, 5.74) is 1.95. The molecular formula is C20H29ClN4O3. The van der Waals surface area contributed by atoms with E-state index in [0.29, 0.717) is 30.2 Å². The molecule has 0 aliphatic carbocycles. The quantitative estimate of drug-likeness (QED) is 0.734. The summed E-state index contributed by atoms with van der Waals surface area (Å²) in [4.78, 5) is 13.0. The van der Waals surface area contributed by atoms with Crippen LogP contribution in [0.25, 0.3) is 11.3 Å². The Morgan fingerprint density at radius 3 is 2.68 bits per heavy atom. The number of para-hydroxylation sites is 1. The van der Waals surface area contributed by atoms with Crippen molar-refractivity contribution >= 4 is 18.3 Å². The zero-order valence-corrected chi connectivity index (χ0v) is 17.5. The summed E-state index contributed by atoms with van der Waals surface area (Å²) in [6.07, 6.45) is 3.71. The molecule has 1 saturated heterocycles. The second kappa shape index (κ2) is 9.91. The minimum atomic E-state index is -0.127. The number of benzene rings is 1. The topological polar surface area (TPSA) is 77.4 Å². The molecule has 1 aromatic carbocycles. The fraction of sp³-hybridized carbons (Fsp3) is 0.500. The van der Waals surface area contributed by atoms with E-state index in [1.807, 2.05) is 31.3 Å². The highest BCUT2D eigenvalue weighted by molar-refractivity contribution is 6.00. The van der Waals surface area contributed by atoms with Gasteiger partial charge in [-0.3, -0.25) is 9.48 Å². The maximum Gasteiger partial charge on any atom is 0.255 e. The summed E-state index contributed by atoms with van der Waals surface area (Å²) in [7, 11) is 5.15. The Hall–Kier alpha value is -2.09. The fourth-order valence-corrected chi connectivity index (χ4v) is 3.69. The highest BCUT2D eigenvalue weighted by Crippen LogP contribution is 2.32. The number of halogens is 1. The second-order valence-electron chi connectivity index (χ2n) is 7.13. The predicted octanol–water partition coefficient (Wildman–Crippen LogP) is 2.26.